The Balaban J connectivity index is 3.30. The zero-order chi connectivity index (χ0) is 13.7. The Hall–Kier alpha value is -2.24. The Labute approximate surface area is 104 Å². The van der Waals surface area contributed by atoms with E-state index in [-0.39, 0.29) is 17.1 Å². The Morgan fingerprint density at radius 2 is 1.44 bits per heavy atom. The first-order valence-electron chi connectivity index (χ1n) is 5.06. The van der Waals surface area contributed by atoms with Crippen LogP contribution in [0.3, 0.4) is 0 Å². The Kier molecular flexibility index (Phi) is 4.53. The normalized spacial score (nSPS) is 9.56. The van der Waals surface area contributed by atoms with E-state index in [4.69, 9.17) is 14.2 Å². The van der Waals surface area contributed by atoms with Gasteiger partial charge in [0.15, 0.2) is 0 Å². The molecule has 0 unspecified atom stereocenters. The minimum Gasteiger partial charge on any atom is -0.496 e. The predicted molar refractivity (Wildman–Crippen MR) is 62.2 cm³/mol. The number of benzene rings is 1. The van der Waals surface area contributed by atoms with Crippen LogP contribution in [-0.2, 0) is 9.53 Å². The predicted octanol–water partition coefficient (Wildman–Crippen LogP) is 1.42. The van der Waals surface area contributed by atoms with E-state index in [1.165, 1.54) is 33.5 Å². The molecule has 1 aromatic carbocycles. The highest BCUT2D eigenvalue weighted by Gasteiger charge is 2.22. The zero-order valence-corrected chi connectivity index (χ0v) is 10.6. The monoisotopic (exact) mass is 254 g/mol. The summed E-state index contributed by atoms with van der Waals surface area (Å²) in [5, 5.41) is 0. The van der Waals surface area contributed by atoms with E-state index in [2.05, 4.69) is 4.74 Å². The molecule has 6 nitrogen and oxygen atoms in total. The molecule has 6 heteroatoms. The number of rotatable bonds is 4. The van der Waals surface area contributed by atoms with Gasteiger partial charge in [-0.15, -0.1) is 0 Å². The van der Waals surface area contributed by atoms with Gasteiger partial charge in [0.05, 0.1) is 21.3 Å². The number of methoxy groups -OCH3 is 3. The molecular weight excluding hydrogens is 240 g/mol. The number of hydrogen-bond acceptors (Lipinski definition) is 6. The Morgan fingerprint density at radius 3 is 1.78 bits per heavy atom. The lowest BCUT2D eigenvalue weighted by molar-refractivity contribution is -0.135. The van der Waals surface area contributed by atoms with Gasteiger partial charge in [-0.25, -0.2) is 4.79 Å². The van der Waals surface area contributed by atoms with Crippen LogP contribution in [0.1, 0.15) is 17.3 Å². The molecule has 0 N–H and O–H groups in total. The van der Waals surface area contributed by atoms with Crippen LogP contribution in [0, 0.1) is 0 Å². The number of carbonyl (C=O) groups is 2. The van der Waals surface area contributed by atoms with Crippen molar-refractivity contribution < 1.29 is 28.5 Å². The van der Waals surface area contributed by atoms with Crippen LogP contribution in [0.15, 0.2) is 12.1 Å². The fourth-order valence-corrected chi connectivity index (χ4v) is 1.39. The van der Waals surface area contributed by atoms with Gasteiger partial charge in [-0.05, 0) is 0 Å². The molecule has 98 valence electrons. The Morgan fingerprint density at radius 1 is 0.944 bits per heavy atom. The summed E-state index contributed by atoms with van der Waals surface area (Å²) in [5.74, 6) is -0.670. The quantitative estimate of drug-likeness (QED) is 0.597. The fourth-order valence-electron chi connectivity index (χ4n) is 1.39. The molecule has 0 fully saturated rings. The molecule has 0 atom stereocenters. The van der Waals surface area contributed by atoms with E-state index in [9.17, 15) is 9.59 Å². The summed E-state index contributed by atoms with van der Waals surface area (Å²) in [6.45, 7) is 1.14. The first-order valence-corrected chi connectivity index (χ1v) is 5.06. The van der Waals surface area contributed by atoms with E-state index in [0.29, 0.717) is 5.75 Å². The second-order valence-electron chi connectivity index (χ2n) is 3.29. The lowest BCUT2D eigenvalue weighted by atomic mass is 10.1. The van der Waals surface area contributed by atoms with Crippen molar-refractivity contribution in [3.8, 4) is 17.2 Å². The van der Waals surface area contributed by atoms with Gasteiger partial charge in [0.2, 0.25) is 0 Å². The molecule has 0 bridgehead atoms. The third kappa shape index (κ3) is 2.91. The summed E-state index contributed by atoms with van der Waals surface area (Å²) in [4.78, 5) is 22.6. The van der Waals surface area contributed by atoms with E-state index in [0.717, 1.165) is 6.92 Å². The van der Waals surface area contributed by atoms with Crippen molar-refractivity contribution in [2.24, 2.45) is 0 Å². The summed E-state index contributed by atoms with van der Waals surface area (Å²) in [6.07, 6.45) is 0. The minimum absolute atomic E-state index is 0.0380. The fraction of sp³-hybridized carbons (Fsp3) is 0.333. The molecule has 1 aromatic rings. The largest absolute Gasteiger partial charge is 0.496 e. The van der Waals surface area contributed by atoms with Gasteiger partial charge in [0.25, 0.3) is 0 Å². The van der Waals surface area contributed by atoms with Crippen molar-refractivity contribution in [1.82, 2.24) is 0 Å². The molecule has 0 aliphatic heterocycles. The van der Waals surface area contributed by atoms with Crippen molar-refractivity contribution >= 4 is 11.9 Å². The minimum atomic E-state index is -0.834. The average Bonchev–Trinajstić information content (AvgIpc) is 2.35. The van der Waals surface area contributed by atoms with Crippen LogP contribution in [0.5, 0.6) is 17.2 Å². The van der Waals surface area contributed by atoms with Crippen LogP contribution in [0.4, 0.5) is 0 Å². The molecule has 18 heavy (non-hydrogen) atoms. The van der Waals surface area contributed by atoms with Crippen LogP contribution in [-0.4, -0.2) is 33.3 Å². The maximum atomic E-state index is 11.8. The van der Waals surface area contributed by atoms with Gasteiger partial charge in [-0.2, -0.15) is 0 Å². The van der Waals surface area contributed by atoms with Gasteiger partial charge >= 0.3 is 11.9 Å². The molecule has 0 saturated carbocycles. The van der Waals surface area contributed by atoms with Crippen molar-refractivity contribution in [1.29, 1.82) is 0 Å². The Bertz CT molecular complexity index is 441. The summed E-state index contributed by atoms with van der Waals surface area (Å²) >= 11 is 0. The van der Waals surface area contributed by atoms with Crippen LogP contribution < -0.4 is 14.2 Å². The lowest BCUT2D eigenvalue weighted by Crippen LogP contribution is -2.12. The highest BCUT2D eigenvalue weighted by Crippen LogP contribution is 2.34. The van der Waals surface area contributed by atoms with Gasteiger partial charge < -0.3 is 18.9 Å². The molecule has 0 amide bonds. The summed E-state index contributed by atoms with van der Waals surface area (Å²) in [7, 11) is 4.25. The SMILES string of the molecule is COc1cc(OC)c(C(=O)OC(C)=O)c(OC)c1. The van der Waals surface area contributed by atoms with E-state index >= 15 is 0 Å². The summed E-state index contributed by atoms with van der Waals surface area (Å²) in [5.41, 5.74) is 0.0380. The van der Waals surface area contributed by atoms with Gasteiger partial charge in [-0.1, -0.05) is 0 Å². The van der Waals surface area contributed by atoms with E-state index in [1.54, 1.807) is 0 Å². The van der Waals surface area contributed by atoms with E-state index < -0.39 is 11.9 Å². The number of esters is 2. The number of ether oxygens (including phenoxy) is 4. The van der Waals surface area contributed by atoms with Gasteiger partial charge in [0, 0.05) is 19.1 Å². The highest BCUT2D eigenvalue weighted by molar-refractivity contribution is 6.01. The zero-order valence-electron chi connectivity index (χ0n) is 10.6. The third-order valence-electron chi connectivity index (χ3n) is 2.16. The van der Waals surface area contributed by atoms with Crippen LogP contribution >= 0.6 is 0 Å². The molecule has 0 aliphatic carbocycles. The summed E-state index contributed by atoms with van der Waals surface area (Å²) in [6, 6.07) is 3.00. The second kappa shape index (κ2) is 5.90. The molecule has 0 radical (unpaired) electrons. The first kappa shape index (κ1) is 13.8. The number of carbonyl (C=O) groups excluding carboxylic acids is 2. The topological polar surface area (TPSA) is 71.1 Å². The average molecular weight is 254 g/mol. The van der Waals surface area contributed by atoms with Gasteiger partial charge in [-0.3, -0.25) is 4.79 Å². The van der Waals surface area contributed by atoms with Crippen molar-refractivity contribution in [2.75, 3.05) is 21.3 Å². The lowest BCUT2D eigenvalue weighted by Gasteiger charge is -2.13. The smallest absolute Gasteiger partial charge is 0.353 e. The molecule has 0 heterocycles. The van der Waals surface area contributed by atoms with E-state index in [1.807, 2.05) is 0 Å². The van der Waals surface area contributed by atoms with Crippen molar-refractivity contribution in [2.45, 2.75) is 6.92 Å². The van der Waals surface area contributed by atoms with Crippen LogP contribution in [0.2, 0.25) is 0 Å². The third-order valence-corrected chi connectivity index (χ3v) is 2.16. The first-order chi connectivity index (χ1) is 8.53. The molecule has 0 aromatic heterocycles. The molecular formula is C12H14O6. The molecule has 0 spiro atoms. The van der Waals surface area contributed by atoms with Crippen molar-refractivity contribution in [3.63, 3.8) is 0 Å². The molecule has 0 saturated heterocycles. The highest BCUT2D eigenvalue weighted by atomic mass is 16.6. The standard InChI is InChI=1S/C12H14O6/c1-7(13)18-12(14)11-9(16-3)5-8(15-2)6-10(11)17-4/h5-6H,1-4H3. The second-order valence-corrected chi connectivity index (χ2v) is 3.29. The van der Waals surface area contributed by atoms with Crippen molar-refractivity contribution in [3.05, 3.63) is 17.7 Å². The van der Waals surface area contributed by atoms with Crippen LogP contribution in [0.25, 0.3) is 0 Å². The molecule has 1 rings (SSSR count). The number of hydrogen-bond donors (Lipinski definition) is 0. The maximum absolute atomic E-state index is 11.8. The molecule has 0 aliphatic rings. The van der Waals surface area contributed by atoms with Gasteiger partial charge in [0.1, 0.15) is 22.8 Å². The summed E-state index contributed by atoms with van der Waals surface area (Å²) < 4.78 is 19.7. The maximum Gasteiger partial charge on any atom is 0.353 e.